The van der Waals surface area contributed by atoms with Crippen LogP contribution in [0.3, 0.4) is 0 Å². The second-order valence-electron chi connectivity index (χ2n) is 5.88. The zero-order valence-electron chi connectivity index (χ0n) is 15.0. The van der Waals surface area contributed by atoms with Gasteiger partial charge in [0.05, 0.1) is 27.7 Å². The number of non-ortho nitro benzene ring substituents is 1. The number of benzene rings is 1. The summed E-state index contributed by atoms with van der Waals surface area (Å²) in [6.45, 7) is 5.34. The van der Waals surface area contributed by atoms with Crippen LogP contribution in [-0.2, 0) is 9.53 Å². The standard InChI is InChI=1S/C17H19ClN4O5/c1-4-10(2)21-15(7-8-19-21)20-16(23)11(3)27-17(24)13-9-12(22(25)26)5-6-14(13)18/h5-11H,4H2,1-3H3,(H,20,23)/t10-,11-/m1/s1. The lowest BCUT2D eigenvalue weighted by molar-refractivity contribution is -0.384. The minimum atomic E-state index is -1.15. The van der Waals surface area contributed by atoms with E-state index in [1.807, 2.05) is 13.8 Å². The maximum atomic E-state index is 12.3. The van der Waals surface area contributed by atoms with Gasteiger partial charge in [0.15, 0.2) is 6.10 Å². The SMILES string of the molecule is CC[C@@H](C)n1nccc1NC(=O)[C@@H](C)OC(=O)c1cc([N+](=O)[O-])ccc1Cl. The van der Waals surface area contributed by atoms with Crippen LogP contribution in [-0.4, -0.2) is 32.7 Å². The van der Waals surface area contributed by atoms with Gasteiger partial charge in [-0.25, -0.2) is 9.48 Å². The molecule has 1 N–H and O–H groups in total. The summed E-state index contributed by atoms with van der Waals surface area (Å²) in [5.41, 5.74) is -0.490. The number of rotatable bonds is 7. The molecule has 0 spiro atoms. The summed E-state index contributed by atoms with van der Waals surface area (Å²) in [4.78, 5) is 34.8. The number of esters is 1. The van der Waals surface area contributed by atoms with Crippen LogP contribution < -0.4 is 5.32 Å². The van der Waals surface area contributed by atoms with Crippen LogP contribution in [0.5, 0.6) is 0 Å². The molecule has 1 amide bonds. The van der Waals surface area contributed by atoms with Gasteiger partial charge in [0, 0.05) is 18.2 Å². The van der Waals surface area contributed by atoms with Gasteiger partial charge in [0.2, 0.25) is 0 Å². The molecule has 27 heavy (non-hydrogen) atoms. The van der Waals surface area contributed by atoms with Crippen LogP contribution in [0.15, 0.2) is 30.5 Å². The normalized spacial score (nSPS) is 12.9. The molecule has 0 unspecified atom stereocenters. The Hall–Kier alpha value is -2.94. The molecule has 0 radical (unpaired) electrons. The first-order chi connectivity index (χ1) is 12.7. The van der Waals surface area contributed by atoms with Crippen molar-refractivity contribution in [2.24, 2.45) is 0 Å². The molecule has 1 heterocycles. The van der Waals surface area contributed by atoms with E-state index in [4.69, 9.17) is 16.3 Å². The Morgan fingerprint density at radius 2 is 2.07 bits per heavy atom. The number of anilines is 1. The van der Waals surface area contributed by atoms with Gasteiger partial charge < -0.3 is 10.1 Å². The van der Waals surface area contributed by atoms with Crippen LogP contribution in [0, 0.1) is 10.1 Å². The second kappa shape index (κ2) is 8.63. The Bertz CT molecular complexity index is 867. The van der Waals surface area contributed by atoms with Crippen molar-refractivity contribution in [2.45, 2.75) is 39.3 Å². The molecule has 2 rings (SSSR count). The minimum absolute atomic E-state index is 0.00643. The Morgan fingerprint density at radius 3 is 2.70 bits per heavy atom. The molecule has 2 atom stereocenters. The van der Waals surface area contributed by atoms with Crippen molar-refractivity contribution in [1.82, 2.24) is 9.78 Å². The zero-order valence-corrected chi connectivity index (χ0v) is 15.8. The van der Waals surface area contributed by atoms with Crippen LogP contribution in [0.25, 0.3) is 0 Å². The summed E-state index contributed by atoms with van der Waals surface area (Å²) in [5, 5.41) is 17.6. The van der Waals surface area contributed by atoms with E-state index < -0.39 is 22.9 Å². The molecule has 1 aromatic heterocycles. The van der Waals surface area contributed by atoms with E-state index in [1.54, 1.807) is 16.9 Å². The van der Waals surface area contributed by atoms with Crippen LogP contribution >= 0.6 is 11.6 Å². The van der Waals surface area contributed by atoms with Gasteiger partial charge in [0.1, 0.15) is 5.82 Å². The van der Waals surface area contributed by atoms with Crippen LogP contribution in [0.1, 0.15) is 43.6 Å². The molecule has 9 nitrogen and oxygen atoms in total. The summed E-state index contributed by atoms with van der Waals surface area (Å²) < 4.78 is 6.76. The van der Waals surface area contributed by atoms with Crippen molar-refractivity contribution in [3.8, 4) is 0 Å². The largest absolute Gasteiger partial charge is 0.449 e. The number of halogens is 1. The van der Waals surface area contributed by atoms with Gasteiger partial charge in [0.25, 0.3) is 11.6 Å². The Balaban J connectivity index is 2.09. The van der Waals surface area contributed by atoms with Crippen molar-refractivity contribution in [3.05, 3.63) is 51.2 Å². The summed E-state index contributed by atoms with van der Waals surface area (Å²) >= 11 is 5.91. The van der Waals surface area contributed by atoms with Gasteiger partial charge in [-0.1, -0.05) is 18.5 Å². The van der Waals surface area contributed by atoms with Crippen LogP contribution in [0.4, 0.5) is 11.5 Å². The number of nitro groups is 1. The van der Waals surface area contributed by atoms with E-state index >= 15 is 0 Å². The Kier molecular flexibility index (Phi) is 6.51. The lowest BCUT2D eigenvalue weighted by Crippen LogP contribution is -2.31. The van der Waals surface area contributed by atoms with Crippen molar-refractivity contribution in [2.75, 3.05) is 5.32 Å². The molecular weight excluding hydrogens is 376 g/mol. The van der Waals surface area contributed by atoms with E-state index in [2.05, 4.69) is 10.4 Å². The second-order valence-corrected chi connectivity index (χ2v) is 6.28. The van der Waals surface area contributed by atoms with Crippen LogP contribution in [0.2, 0.25) is 5.02 Å². The fourth-order valence-corrected chi connectivity index (χ4v) is 2.42. The smallest absolute Gasteiger partial charge is 0.340 e. The molecule has 0 aliphatic heterocycles. The number of hydrogen-bond acceptors (Lipinski definition) is 6. The number of amides is 1. The van der Waals surface area contributed by atoms with Crippen molar-refractivity contribution >= 4 is 35.0 Å². The third-order valence-corrected chi connectivity index (χ3v) is 4.29. The number of ether oxygens (including phenoxy) is 1. The minimum Gasteiger partial charge on any atom is -0.449 e. The van der Waals surface area contributed by atoms with Crippen molar-refractivity contribution in [3.63, 3.8) is 0 Å². The highest BCUT2D eigenvalue weighted by atomic mass is 35.5. The molecule has 0 bridgehead atoms. The molecule has 2 aromatic rings. The summed E-state index contributed by atoms with van der Waals surface area (Å²) in [6.07, 6.45) is 1.23. The summed E-state index contributed by atoms with van der Waals surface area (Å²) in [6, 6.07) is 5.12. The topological polar surface area (TPSA) is 116 Å². The third-order valence-electron chi connectivity index (χ3n) is 3.96. The van der Waals surface area contributed by atoms with Gasteiger partial charge in [-0.3, -0.25) is 14.9 Å². The van der Waals surface area contributed by atoms with E-state index in [0.29, 0.717) is 5.82 Å². The van der Waals surface area contributed by atoms with Gasteiger partial charge in [-0.2, -0.15) is 5.10 Å². The first-order valence-electron chi connectivity index (χ1n) is 8.23. The molecule has 144 valence electrons. The summed E-state index contributed by atoms with van der Waals surface area (Å²) in [7, 11) is 0. The quantitative estimate of drug-likeness (QED) is 0.435. The zero-order chi connectivity index (χ0) is 20.1. The lowest BCUT2D eigenvalue weighted by atomic mass is 10.2. The number of hydrogen-bond donors (Lipinski definition) is 1. The highest BCUT2D eigenvalue weighted by Gasteiger charge is 2.23. The highest BCUT2D eigenvalue weighted by molar-refractivity contribution is 6.33. The third kappa shape index (κ3) is 4.82. The monoisotopic (exact) mass is 394 g/mol. The fraction of sp³-hybridized carbons (Fsp3) is 0.353. The highest BCUT2D eigenvalue weighted by Crippen LogP contribution is 2.23. The van der Waals surface area contributed by atoms with Gasteiger partial charge in [-0.05, 0) is 26.3 Å². The molecular formula is C17H19ClN4O5. The van der Waals surface area contributed by atoms with E-state index in [1.165, 1.54) is 19.1 Å². The number of carbonyl (C=O) groups excluding carboxylic acids is 2. The van der Waals surface area contributed by atoms with Crippen molar-refractivity contribution in [1.29, 1.82) is 0 Å². The Labute approximate surface area is 160 Å². The molecule has 0 saturated carbocycles. The Morgan fingerprint density at radius 1 is 1.37 bits per heavy atom. The molecule has 1 aromatic carbocycles. The number of nitrogens with one attached hydrogen (secondary N) is 1. The molecule has 0 fully saturated rings. The predicted molar refractivity (Wildman–Crippen MR) is 98.8 cm³/mol. The lowest BCUT2D eigenvalue weighted by Gasteiger charge is -2.17. The summed E-state index contributed by atoms with van der Waals surface area (Å²) in [5.74, 6) is -1.01. The number of nitro benzene ring substituents is 1. The molecule has 0 saturated heterocycles. The van der Waals surface area contributed by atoms with E-state index in [0.717, 1.165) is 12.5 Å². The average molecular weight is 395 g/mol. The predicted octanol–water partition coefficient (Wildman–Crippen LogP) is 3.60. The number of aromatic nitrogens is 2. The molecule has 10 heteroatoms. The van der Waals surface area contributed by atoms with E-state index in [9.17, 15) is 19.7 Å². The molecule has 0 aliphatic rings. The first kappa shape index (κ1) is 20.4. The first-order valence-corrected chi connectivity index (χ1v) is 8.61. The van der Waals surface area contributed by atoms with E-state index in [-0.39, 0.29) is 22.3 Å². The average Bonchev–Trinajstić information content (AvgIpc) is 3.09. The number of carbonyl (C=O) groups is 2. The number of nitrogens with zero attached hydrogens (tertiary/aromatic N) is 3. The fourth-order valence-electron chi connectivity index (χ4n) is 2.23. The molecule has 0 aliphatic carbocycles. The van der Waals surface area contributed by atoms with Crippen molar-refractivity contribution < 1.29 is 19.2 Å². The maximum Gasteiger partial charge on any atom is 0.340 e. The van der Waals surface area contributed by atoms with Gasteiger partial charge >= 0.3 is 5.97 Å². The maximum absolute atomic E-state index is 12.3. The van der Waals surface area contributed by atoms with Gasteiger partial charge in [-0.15, -0.1) is 0 Å².